The first-order valence-corrected chi connectivity index (χ1v) is 10.9. The molecule has 2 aromatic carbocycles. The summed E-state index contributed by atoms with van der Waals surface area (Å²) in [5.41, 5.74) is 3.46. The first kappa shape index (κ1) is 19.7. The molecule has 3 aromatic rings. The van der Waals surface area contributed by atoms with Gasteiger partial charge in [-0.2, -0.15) is 4.98 Å². The lowest BCUT2D eigenvalue weighted by atomic mass is 10.1. The molecule has 0 spiro atoms. The predicted octanol–water partition coefficient (Wildman–Crippen LogP) is 5.27. The maximum absolute atomic E-state index is 6.17. The smallest absolute Gasteiger partial charge is 0.247 e. The highest BCUT2D eigenvalue weighted by Crippen LogP contribution is 2.38. The first-order chi connectivity index (χ1) is 14.2. The molecule has 8 heteroatoms. The molecule has 6 nitrogen and oxygen atoms in total. The number of rotatable bonds is 5. The molecule has 1 aliphatic rings. The molecule has 1 aliphatic heterocycles. The molecule has 1 atom stereocenters. The number of anilines is 1. The fraction of sp³-hybridized carbons (Fsp3) is 0.190. The van der Waals surface area contributed by atoms with Crippen LogP contribution in [0.5, 0.6) is 11.6 Å². The zero-order valence-electron chi connectivity index (χ0n) is 15.9. The minimum atomic E-state index is -0.408. The summed E-state index contributed by atoms with van der Waals surface area (Å²) in [6.07, 6.45) is 3.54. The second-order valence-electron chi connectivity index (χ2n) is 6.19. The van der Waals surface area contributed by atoms with Crippen molar-refractivity contribution in [3.8, 4) is 22.9 Å². The van der Waals surface area contributed by atoms with Gasteiger partial charge in [0.25, 0.3) is 0 Å². The number of nitrogens with one attached hydrogen (secondary N) is 1. The molecule has 0 fully saturated rings. The van der Waals surface area contributed by atoms with E-state index in [4.69, 9.17) is 9.47 Å². The summed E-state index contributed by atoms with van der Waals surface area (Å²) in [4.78, 5) is 4.58. The van der Waals surface area contributed by atoms with Crippen LogP contribution in [-0.2, 0) is 0 Å². The minimum Gasteiger partial charge on any atom is -0.497 e. The highest BCUT2D eigenvalue weighted by Gasteiger charge is 2.24. The fourth-order valence-corrected chi connectivity index (χ4v) is 3.75. The lowest BCUT2D eigenvalue weighted by Crippen LogP contribution is -2.23. The van der Waals surface area contributed by atoms with Gasteiger partial charge in [-0.05, 0) is 47.7 Å². The average Bonchev–Trinajstić information content (AvgIpc) is 2.89. The third-order valence-electron chi connectivity index (χ3n) is 4.26. The standard InChI is InChI=1S/C21H19BrN4O2S/c1-3-29-21-24-20-19(25-26-21)16-12-14(22)7-10-17(16)23-18(28-20)11-6-13-4-8-15(27-2)9-5-13/h4-12,18,23H,3H2,1-2H3/b11-6+/t18-/m1/s1. The number of fused-ring (bicyclic) bond motifs is 3. The molecule has 2 heterocycles. The van der Waals surface area contributed by atoms with Gasteiger partial charge in [0, 0.05) is 15.7 Å². The van der Waals surface area contributed by atoms with E-state index in [1.54, 1.807) is 7.11 Å². The Balaban J connectivity index is 1.69. The van der Waals surface area contributed by atoms with Crippen molar-refractivity contribution < 1.29 is 9.47 Å². The highest BCUT2D eigenvalue weighted by atomic mass is 79.9. The molecular weight excluding hydrogens is 452 g/mol. The van der Waals surface area contributed by atoms with E-state index in [0.717, 1.165) is 32.8 Å². The summed E-state index contributed by atoms with van der Waals surface area (Å²) in [7, 11) is 1.66. The van der Waals surface area contributed by atoms with Gasteiger partial charge in [-0.1, -0.05) is 52.8 Å². The van der Waals surface area contributed by atoms with Gasteiger partial charge in [0.2, 0.25) is 11.0 Å². The number of methoxy groups -OCH3 is 1. The monoisotopic (exact) mass is 470 g/mol. The third kappa shape index (κ3) is 4.54. The molecular formula is C21H19BrN4O2S. The van der Waals surface area contributed by atoms with Crippen LogP contribution in [0.1, 0.15) is 12.5 Å². The van der Waals surface area contributed by atoms with E-state index in [-0.39, 0.29) is 0 Å². The van der Waals surface area contributed by atoms with Gasteiger partial charge < -0.3 is 14.8 Å². The van der Waals surface area contributed by atoms with Gasteiger partial charge >= 0.3 is 0 Å². The molecule has 0 bridgehead atoms. The SMILES string of the molecule is CCSc1nnc2c(n1)O[C@H](/C=C/c1ccc(OC)cc1)Nc1ccc(Br)cc1-2. The summed E-state index contributed by atoms with van der Waals surface area (Å²) >= 11 is 5.06. The first-order valence-electron chi connectivity index (χ1n) is 9.09. The lowest BCUT2D eigenvalue weighted by molar-refractivity contribution is 0.266. The number of hydrogen-bond acceptors (Lipinski definition) is 7. The van der Waals surface area contributed by atoms with E-state index in [1.807, 2.05) is 54.6 Å². The molecule has 4 rings (SSSR count). The zero-order chi connectivity index (χ0) is 20.2. The van der Waals surface area contributed by atoms with Gasteiger partial charge in [-0.15, -0.1) is 10.2 Å². The van der Waals surface area contributed by atoms with Crippen molar-refractivity contribution in [3.05, 3.63) is 58.6 Å². The van der Waals surface area contributed by atoms with Crippen LogP contribution in [0.3, 0.4) is 0 Å². The maximum Gasteiger partial charge on any atom is 0.247 e. The van der Waals surface area contributed by atoms with Gasteiger partial charge in [-0.25, -0.2) is 0 Å². The second kappa shape index (κ2) is 8.84. The summed E-state index contributed by atoms with van der Waals surface area (Å²) in [5, 5.41) is 12.6. The van der Waals surface area contributed by atoms with Crippen molar-refractivity contribution in [1.82, 2.24) is 15.2 Å². The summed E-state index contributed by atoms with van der Waals surface area (Å²) in [5.74, 6) is 2.15. The molecule has 1 N–H and O–H groups in total. The van der Waals surface area contributed by atoms with Crippen molar-refractivity contribution >= 4 is 39.5 Å². The Morgan fingerprint density at radius 2 is 2.03 bits per heavy atom. The highest BCUT2D eigenvalue weighted by molar-refractivity contribution is 9.10. The molecule has 148 valence electrons. The maximum atomic E-state index is 6.17. The molecule has 0 aliphatic carbocycles. The Morgan fingerprint density at radius 1 is 1.21 bits per heavy atom. The Kier molecular flexibility index (Phi) is 6.01. The van der Waals surface area contributed by atoms with E-state index in [1.165, 1.54) is 11.8 Å². The quantitative estimate of drug-likeness (QED) is 0.509. The van der Waals surface area contributed by atoms with Crippen LogP contribution in [0.2, 0.25) is 0 Å². The minimum absolute atomic E-state index is 0.408. The molecule has 0 saturated heterocycles. The molecule has 29 heavy (non-hydrogen) atoms. The fourth-order valence-electron chi connectivity index (χ4n) is 2.88. The molecule has 0 radical (unpaired) electrons. The second-order valence-corrected chi connectivity index (χ2v) is 8.33. The van der Waals surface area contributed by atoms with Crippen LogP contribution < -0.4 is 14.8 Å². The van der Waals surface area contributed by atoms with Crippen LogP contribution in [0, 0.1) is 0 Å². The number of ether oxygens (including phenoxy) is 2. The van der Waals surface area contributed by atoms with E-state index < -0.39 is 6.23 Å². The van der Waals surface area contributed by atoms with Gasteiger partial charge in [0.15, 0.2) is 11.9 Å². The van der Waals surface area contributed by atoms with Crippen molar-refractivity contribution in [2.24, 2.45) is 0 Å². The number of hydrogen-bond donors (Lipinski definition) is 1. The van der Waals surface area contributed by atoms with E-state index in [9.17, 15) is 0 Å². The van der Waals surface area contributed by atoms with Crippen LogP contribution >= 0.6 is 27.7 Å². The number of halogens is 1. The van der Waals surface area contributed by atoms with Gasteiger partial charge in [-0.3, -0.25) is 0 Å². The Bertz CT molecular complexity index is 1040. The molecule has 0 amide bonds. The largest absolute Gasteiger partial charge is 0.497 e. The van der Waals surface area contributed by atoms with Crippen LogP contribution in [0.25, 0.3) is 17.3 Å². The summed E-state index contributed by atoms with van der Waals surface area (Å²) in [6.45, 7) is 2.05. The summed E-state index contributed by atoms with van der Waals surface area (Å²) in [6, 6.07) is 13.8. The normalized spacial score (nSPS) is 15.1. The van der Waals surface area contributed by atoms with Crippen molar-refractivity contribution in [1.29, 1.82) is 0 Å². The number of benzene rings is 2. The van der Waals surface area contributed by atoms with E-state index in [0.29, 0.717) is 16.7 Å². The Labute approximate surface area is 181 Å². The van der Waals surface area contributed by atoms with Crippen molar-refractivity contribution in [3.63, 3.8) is 0 Å². The Morgan fingerprint density at radius 3 is 2.79 bits per heavy atom. The predicted molar refractivity (Wildman–Crippen MR) is 119 cm³/mol. The molecule has 1 aromatic heterocycles. The van der Waals surface area contributed by atoms with Gasteiger partial charge in [0.05, 0.1) is 7.11 Å². The Hall–Kier alpha value is -2.58. The lowest BCUT2D eigenvalue weighted by Gasteiger charge is -2.15. The van der Waals surface area contributed by atoms with Crippen LogP contribution in [0.15, 0.2) is 58.2 Å². The van der Waals surface area contributed by atoms with E-state index in [2.05, 4.69) is 43.4 Å². The van der Waals surface area contributed by atoms with Crippen LogP contribution in [-0.4, -0.2) is 34.3 Å². The molecule has 0 saturated carbocycles. The third-order valence-corrected chi connectivity index (χ3v) is 5.47. The van der Waals surface area contributed by atoms with Crippen LogP contribution in [0.4, 0.5) is 5.69 Å². The number of aromatic nitrogens is 3. The topological polar surface area (TPSA) is 69.2 Å². The van der Waals surface area contributed by atoms with Crippen molar-refractivity contribution in [2.75, 3.05) is 18.2 Å². The summed E-state index contributed by atoms with van der Waals surface area (Å²) < 4.78 is 12.3. The van der Waals surface area contributed by atoms with Crippen molar-refractivity contribution in [2.45, 2.75) is 18.3 Å². The van der Waals surface area contributed by atoms with Gasteiger partial charge in [0.1, 0.15) is 5.75 Å². The number of nitrogens with zero attached hydrogens (tertiary/aromatic N) is 3. The van der Waals surface area contributed by atoms with E-state index >= 15 is 0 Å². The zero-order valence-corrected chi connectivity index (χ0v) is 18.3. The average molecular weight is 471 g/mol. The molecule has 0 unspecified atom stereocenters. The number of thioether (sulfide) groups is 1.